The van der Waals surface area contributed by atoms with Crippen molar-refractivity contribution in [1.82, 2.24) is 25.5 Å². The summed E-state index contributed by atoms with van der Waals surface area (Å²) in [6.45, 7) is 2.64. The van der Waals surface area contributed by atoms with Gasteiger partial charge in [-0.05, 0) is 11.1 Å². The molecule has 0 radical (unpaired) electrons. The van der Waals surface area contributed by atoms with Gasteiger partial charge in [0.1, 0.15) is 6.61 Å². The molecule has 0 aromatic carbocycles. The number of nitrogens with one attached hydrogen (secondary N) is 1. The fourth-order valence-electron chi connectivity index (χ4n) is 1.97. The molecular formula is C11H15N5O4. The van der Waals surface area contributed by atoms with E-state index in [0.717, 1.165) is 5.57 Å². The second-order valence-electron chi connectivity index (χ2n) is 4.54. The summed E-state index contributed by atoms with van der Waals surface area (Å²) in [5.41, 5.74) is 0.785. The number of ether oxygens (including phenoxy) is 1. The molecule has 1 aromatic heterocycles. The molecule has 108 valence electrons. The van der Waals surface area contributed by atoms with Crippen LogP contribution in [0.5, 0.6) is 0 Å². The first-order chi connectivity index (χ1) is 9.56. The summed E-state index contributed by atoms with van der Waals surface area (Å²) in [7, 11) is 0. The highest BCUT2D eigenvalue weighted by molar-refractivity contribution is 5.74. The molecule has 2 N–H and O–H groups in total. The van der Waals surface area contributed by atoms with Gasteiger partial charge in [-0.3, -0.25) is 4.79 Å². The van der Waals surface area contributed by atoms with Crippen LogP contribution in [0.15, 0.2) is 6.08 Å². The zero-order chi connectivity index (χ0) is 14.5. The van der Waals surface area contributed by atoms with Gasteiger partial charge in [0.05, 0.1) is 13.0 Å². The van der Waals surface area contributed by atoms with Gasteiger partial charge in [-0.2, -0.15) is 5.21 Å². The van der Waals surface area contributed by atoms with Crippen LogP contribution in [-0.4, -0.2) is 62.4 Å². The average Bonchev–Trinajstić information content (AvgIpc) is 2.91. The molecule has 1 aliphatic heterocycles. The van der Waals surface area contributed by atoms with Crippen molar-refractivity contribution in [3.05, 3.63) is 11.9 Å². The topological polar surface area (TPSA) is 121 Å². The molecule has 1 atom stereocenters. The minimum atomic E-state index is -1.00. The van der Waals surface area contributed by atoms with E-state index in [2.05, 4.69) is 20.6 Å². The van der Waals surface area contributed by atoms with Gasteiger partial charge in [-0.15, -0.1) is 10.2 Å². The van der Waals surface area contributed by atoms with Crippen LogP contribution in [0.4, 0.5) is 4.79 Å². The molecule has 2 heterocycles. The van der Waals surface area contributed by atoms with Crippen LogP contribution in [0, 0.1) is 5.92 Å². The number of tetrazole rings is 1. The van der Waals surface area contributed by atoms with Gasteiger partial charge in [0, 0.05) is 12.1 Å². The lowest BCUT2D eigenvalue weighted by Crippen LogP contribution is -2.39. The molecule has 1 amide bonds. The van der Waals surface area contributed by atoms with Crippen LogP contribution in [0.25, 0.3) is 5.57 Å². The van der Waals surface area contributed by atoms with E-state index in [9.17, 15) is 9.59 Å². The van der Waals surface area contributed by atoms with E-state index < -0.39 is 12.1 Å². The third kappa shape index (κ3) is 3.53. The number of carbonyl (C=O) groups excluding carboxylic acids is 1. The number of carboxylic acids is 1. The minimum absolute atomic E-state index is 0.129. The number of nitrogens with zero attached hydrogens (tertiary/aromatic N) is 4. The standard InChI is InChI=1S/C11H15N5O4/c1-7-4-8(10-12-14-15-13-10)6-16(5-7)11(19)20-3-2-9(17)18/h4,7H,2-3,5-6H2,1H3,(H,17,18)(H,12,13,14,15). The highest BCUT2D eigenvalue weighted by Crippen LogP contribution is 2.21. The zero-order valence-electron chi connectivity index (χ0n) is 10.9. The maximum absolute atomic E-state index is 11.9. The van der Waals surface area contributed by atoms with Crippen LogP contribution in [0.1, 0.15) is 19.2 Å². The van der Waals surface area contributed by atoms with Crippen LogP contribution >= 0.6 is 0 Å². The van der Waals surface area contributed by atoms with E-state index in [4.69, 9.17) is 9.84 Å². The summed E-state index contributed by atoms with van der Waals surface area (Å²) in [5.74, 6) is -0.429. The van der Waals surface area contributed by atoms with Crippen molar-refractivity contribution in [3.63, 3.8) is 0 Å². The maximum Gasteiger partial charge on any atom is 0.410 e. The average molecular weight is 281 g/mol. The van der Waals surface area contributed by atoms with E-state index in [-0.39, 0.29) is 18.9 Å². The molecule has 0 spiro atoms. The van der Waals surface area contributed by atoms with Gasteiger partial charge >= 0.3 is 12.1 Å². The molecule has 1 aliphatic rings. The molecule has 1 aromatic rings. The molecular weight excluding hydrogens is 266 g/mol. The van der Waals surface area contributed by atoms with Gasteiger partial charge in [-0.1, -0.05) is 13.0 Å². The predicted molar refractivity (Wildman–Crippen MR) is 66.5 cm³/mol. The lowest BCUT2D eigenvalue weighted by Gasteiger charge is -2.29. The lowest BCUT2D eigenvalue weighted by molar-refractivity contribution is -0.137. The number of aromatic nitrogens is 4. The largest absolute Gasteiger partial charge is 0.481 e. The molecule has 2 rings (SSSR count). The van der Waals surface area contributed by atoms with Gasteiger partial charge in [0.15, 0.2) is 0 Å². The third-order valence-electron chi connectivity index (χ3n) is 2.79. The number of H-pyrrole nitrogens is 1. The van der Waals surface area contributed by atoms with Gasteiger partial charge in [-0.25, -0.2) is 4.79 Å². The highest BCUT2D eigenvalue weighted by Gasteiger charge is 2.25. The Morgan fingerprint density at radius 2 is 2.40 bits per heavy atom. The van der Waals surface area contributed by atoms with E-state index in [1.54, 1.807) is 0 Å². The molecule has 1 unspecified atom stereocenters. The molecule has 9 heteroatoms. The van der Waals surface area contributed by atoms with E-state index in [1.807, 2.05) is 13.0 Å². The molecule has 20 heavy (non-hydrogen) atoms. The van der Waals surface area contributed by atoms with Crippen LogP contribution < -0.4 is 0 Å². The Morgan fingerprint density at radius 3 is 3.05 bits per heavy atom. The molecule has 0 aliphatic carbocycles. The quantitative estimate of drug-likeness (QED) is 0.805. The number of hydrogen-bond donors (Lipinski definition) is 2. The number of carbonyl (C=O) groups is 2. The smallest absolute Gasteiger partial charge is 0.410 e. The fourth-order valence-corrected chi connectivity index (χ4v) is 1.97. The summed E-state index contributed by atoms with van der Waals surface area (Å²) in [6, 6.07) is 0. The summed E-state index contributed by atoms with van der Waals surface area (Å²) in [4.78, 5) is 23.7. The van der Waals surface area contributed by atoms with Crippen molar-refractivity contribution >= 4 is 17.6 Å². The van der Waals surface area contributed by atoms with Crippen molar-refractivity contribution in [2.24, 2.45) is 5.92 Å². The first-order valence-electron chi connectivity index (χ1n) is 6.14. The number of rotatable bonds is 4. The Bertz CT molecular complexity index is 513. The molecule has 0 bridgehead atoms. The number of aliphatic carboxylic acids is 1. The first kappa shape index (κ1) is 14.0. The Morgan fingerprint density at radius 1 is 1.60 bits per heavy atom. The summed E-state index contributed by atoms with van der Waals surface area (Å²) < 4.78 is 4.92. The van der Waals surface area contributed by atoms with Crippen molar-refractivity contribution in [1.29, 1.82) is 0 Å². The summed E-state index contributed by atoms with van der Waals surface area (Å²) in [5, 5.41) is 22.1. The fraction of sp³-hybridized carbons (Fsp3) is 0.545. The van der Waals surface area contributed by atoms with Crippen LogP contribution in [0.2, 0.25) is 0 Å². The Balaban J connectivity index is 1.95. The number of hydrogen-bond acceptors (Lipinski definition) is 6. The zero-order valence-corrected chi connectivity index (χ0v) is 10.9. The number of aromatic amines is 1. The predicted octanol–water partition coefficient (Wildman–Crippen LogP) is 0.146. The van der Waals surface area contributed by atoms with Crippen molar-refractivity contribution in [2.75, 3.05) is 19.7 Å². The SMILES string of the molecule is CC1C=C(c2nn[nH]n2)CN(C(=O)OCCC(=O)O)C1. The summed E-state index contributed by atoms with van der Waals surface area (Å²) in [6.07, 6.45) is 1.24. The van der Waals surface area contributed by atoms with Crippen molar-refractivity contribution in [3.8, 4) is 0 Å². The van der Waals surface area contributed by atoms with Gasteiger partial charge < -0.3 is 14.7 Å². The van der Waals surface area contributed by atoms with E-state index >= 15 is 0 Å². The lowest BCUT2D eigenvalue weighted by atomic mass is 10.0. The monoisotopic (exact) mass is 281 g/mol. The highest BCUT2D eigenvalue weighted by atomic mass is 16.6. The van der Waals surface area contributed by atoms with Gasteiger partial charge in [0.25, 0.3) is 0 Å². The Labute approximate surface area is 114 Å². The van der Waals surface area contributed by atoms with Crippen LogP contribution in [-0.2, 0) is 9.53 Å². The van der Waals surface area contributed by atoms with Crippen molar-refractivity contribution < 1.29 is 19.4 Å². The molecule has 0 fully saturated rings. The summed E-state index contributed by atoms with van der Waals surface area (Å²) >= 11 is 0. The van der Waals surface area contributed by atoms with E-state index in [1.165, 1.54) is 4.90 Å². The Hall–Kier alpha value is -2.45. The van der Waals surface area contributed by atoms with E-state index in [0.29, 0.717) is 18.9 Å². The third-order valence-corrected chi connectivity index (χ3v) is 2.79. The second-order valence-corrected chi connectivity index (χ2v) is 4.54. The Kier molecular flexibility index (Phi) is 4.28. The number of carboxylic acid groups (broad SMARTS) is 1. The van der Waals surface area contributed by atoms with Crippen molar-refractivity contribution in [2.45, 2.75) is 13.3 Å². The minimum Gasteiger partial charge on any atom is -0.481 e. The van der Waals surface area contributed by atoms with Crippen LogP contribution in [0.3, 0.4) is 0 Å². The molecule has 0 saturated carbocycles. The first-order valence-corrected chi connectivity index (χ1v) is 6.14. The molecule has 9 nitrogen and oxygen atoms in total. The second kappa shape index (κ2) is 6.13. The van der Waals surface area contributed by atoms with Gasteiger partial charge in [0.2, 0.25) is 5.82 Å². The molecule has 0 saturated heterocycles. The number of amides is 1. The maximum atomic E-state index is 11.9. The normalized spacial score (nSPS) is 18.6.